The second-order valence-electron chi connectivity index (χ2n) is 10.1. The largest absolute Gasteiger partial charge is 1.00 e. The molecule has 0 N–H and O–H groups in total. The van der Waals surface area contributed by atoms with Gasteiger partial charge in [0.1, 0.15) is 18.5 Å². The molecule has 2 atom stereocenters. The maximum Gasteiger partial charge on any atom is 0.103 e. The van der Waals surface area contributed by atoms with Crippen molar-refractivity contribution in [2.45, 2.75) is 120 Å². The second-order valence-corrected chi connectivity index (χ2v) is 11.6. The Bertz CT molecular complexity index is 407. The Morgan fingerprint density at radius 1 is 0.742 bits per heavy atom. The van der Waals surface area contributed by atoms with Gasteiger partial charge in [-0.15, -0.1) is 11.8 Å². The Morgan fingerprint density at radius 3 is 1.74 bits per heavy atom. The predicted octanol–water partition coefficient (Wildman–Crippen LogP) is 4.19. The summed E-state index contributed by atoms with van der Waals surface area (Å²) in [5.74, 6) is 0. The summed E-state index contributed by atoms with van der Waals surface area (Å²) in [6, 6.07) is 0. The highest BCUT2D eigenvalue weighted by atomic mass is 79.9. The van der Waals surface area contributed by atoms with Gasteiger partial charge in [-0.2, -0.15) is 0 Å². The van der Waals surface area contributed by atoms with Crippen LogP contribution < -0.4 is 17.0 Å². The summed E-state index contributed by atoms with van der Waals surface area (Å²) in [6.07, 6.45) is 22.8. The Kier molecular flexibility index (Phi) is 18.3. The fourth-order valence-electron chi connectivity index (χ4n) is 4.90. The van der Waals surface area contributed by atoms with E-state index in [0.29, 0.717) is 10.7 Å². The summed E-state index contributed by atoms with van der Waals surface area (Å²) in [6.45, 7) is 8.70. The lowest BCUT2D eigenvalue weighted by molar-refractivity contribution is -0.916. The lowest BCUT2D eigenvalue weighted by Gasteiger charge is -2.38. The summed E-state index contributed by atoms with van der Waals surface area (Å²) in [4.78, 5) is 0. The Hall–Kier alpha value is 0.710. The number of ether oxygens (including phenoxy) is 2. The van der Waals surface area contributed by atoms with Crippen LogP contribution in [0.3, 0.4) is 0 Å². The van der Waals surface area contributed by atoms with Crippen LogP contribution in [0.1, 0.15) is 110 Å². The molecule has 0 radical (unpaired) electrons. The molecule has 0 aromatic carbocycles. The maximum atomic E-state index is 6.09. The molecule has 0 amide bonds. The van der Waals surface area contributed by atoms with Gasteiger partial charge in [0.25, 0.3) is 0 Å². The molecule has 0 saturated carbocycles. The van der Waals surface area contributed by atoms with E-state index in [9.17, 15) is 0 Å². The van der Waals surface area contributed by atoms with Crippen molar-refractivity contribution in [1.29, 1.82) is 0 Å². The highest BCUT2D eigenvalue weighted by Gasteiger charge is 2.34. The minimum absolute atomic E-state index is 0. The topological polar surface area (TPSA) is 18.5 Å². The number of hydrogen-bond donors (Lipinski definition) is 0. The van der Waals surface area contributed by atoms with Crippen LogP contribution in [-0.2, 0) is 9.47 Å². The minimum atomic E-state index is 0. The van der Waals surface area contributed by atoms with Gasteiger partial charge in [-0.1, -0.05) is 96.8 Å². The fourth-order valence-corrected chi connectivity index (χ4v) is 6.39. The van der Waals surface area contributed by atoms with Gasteiger partial charge in [-0.05, 0) is 12.8 Å². The average molecular weight is 523 g/mol. The second kappa shape index (κ2) is 19.1. The van der Waals surface area contributed by atoms with Gasteiger partial charge < -0.3 is 30.9 Å². The van der Waals surface area contributed by atoms with Gasteiger partial charge in [0.2, 0.25) is 0 Å². The number of thioether (sulfide) groups is 1. The first-order valence-corrected chi connectivity index (χ1v) is 14.3. The number of halogens is 1. The molecular formula is C26H52BrNO2S. The van der Waals surface area contributed by atoms with Crippen LogP contribution in [0.4, 0.5) is 0 Å². The average Bonchev–Trinajstić information content (AvgIpc) is 3.18. The molecule has 31 heavy (non-hydrogen) atoms. The molecule has 2 heterocycles. The van der Waals surface area contributed by atoms with E-state index >= 15 is 0 Å². The first-order valence-electron chi connectivity index (χ1n) is 13.4. The molecule has 2 fully saturated rings. The molecule has 0 bridgehead atoms. The molecule has 2 aliphatic rings. The van der Waals surface area contributed by atoms with E-state index in [-0.39, 0.29) is 17.0 Å². The van der Waals surface area contributed by atoms with Crippen LogP contribution in [0.15, 0.2) is 0 Å². The first kappa shape index (κ1) is 29.7. The van der Waals surface area contributed by atoms with E-state index in [4.69, 9.17) is 9.47 Å². The Labute approximate surface area is 209 Å². The van der Waals surface area contributed by atoms with Crippen LogP contribution >= 0.6 is 11.8 Å². The molecule has 0 aliphatic carbocycles. The number of likely N-dealkylation sites (N-methyl/N-ethyl adjacent to an activating group) is 1. The van der Waals surface area contributed by atoms with Crippen molar-refractivity contribution in [3.63, 3.8) is 0 Å². The number of quaternary nitrogens is 1. The molecule has 2 aliphatic heterocycles. The van der Waals surface area contributed by atoms with Crippen molar-refractivity contribution in [2.24, 2.45) is 0 Å². The summed E-state index contributed by atoms with van der Waals surface area (Å²) in [5, 5.41) is 0.689. The van der Waals surface area contributed by atoms with E-state index in [0.717, 1.165) is 19.8 Å². The van der Waals surface area contributed by atoms with E-state index < -0.39 is 0 Å². The molecule has 2 unspecified atom stereocenters. The fraction of sp³-hybridized carbons (Fsp3) is 1.00. The van der Waals surface area contributed by atoms with Crippen molar-refractivity contribution < 1.29 is 30.9 Å². The normalized spacial score (nSPS) is 23.0. The Morgan fingerprint density at radius 2 is 1.23 bits per heavy atom. The number of hydrogen-bond acceptors (Lipinski definition) is 3. The summed E-state index contributed by atoms with van der Waals surface area (Å²) in [5.41, 5.74) is 0.463. The molecule has 2 saturated heterocycles. The van der Waals surface area contributed by atoms with Crippen molar-refractivity contribution in [1.82, 2.24) is 0 Å². The molecule has 0 aromatic rings. The number of nitrogens with zero attached hydrogens (tertiary/aromatic N) is 1. The van der Waals surface area contributed by atoms with Crippen molar-refractivity contribution >= 4 is 11.8 Å². The van der Waals surface area contributed by atoms with Crippen LogP contribution in [0.5, 0.6) is 0 Å². The third-order valence-electron chi connectivity index (χ3n) is 7.05. The zero-order chi connectivity index (χ0) is 21.3. The monoisotopic (exact) mass is 521 g/mol. The molecular weight excluding hydrogens is 470 g/mol. The lowest BCUT2D eigenvalue weighted by Crippen LogP contribution is -3.00. The van der Waals surface area contributed by atoms with Gasteiger partial charge in [-0.3, -0.25) is 0 Å². The highest BCUT2D eigenvalue weighted by Crippen LogP contribution is 2.32. The molecule has 2 rings (SSSR count). The van der Waals surface area contributed by atoms with Crippen LogP contribution in [0, 0.1) is 0 Å². The molecule has 3 nitrogen and oxygen atoms in total. The van der Waals surface area contributed by atoms with Crippen LogP contribution in [-0.4, -0.2) is 61.7 Å². The zero-order valence-electron chi connectivity index (χ0n) is 20.8. The van der Waals surface area contributed by atoms with Crippen LogP contribution in [0.25, 0.3) is 0 Å². The molecule has 0 spiro atoms. The lowest BCUT2D eigenvalue weighted by atomic mass is 10.0. The van der Waals surface area contributed by atoms with E-state index in [1.807, 2.05) is 0 Å². The minimum Gasteiger partial charge on any atom is -1.00 e. The highest BCUT2D eigenvalue weighted by molar-refractivity contribution is 8.00. The van der Waals surface area contributed by atoms with E-state index in [1.54, 1.807) is 0 Å². The van der Waals surface area contributed by atoms with Crippen molar-refractivity contribution in [2.75, 3.05) is 46.5 Å². The van der Waals surface area contributed by atoms with Gasteiger partial charge in [0.15, 0.2) is 0 Å². The molecule has 186 valence electrons. The number of unbranched alkanes of at least 4 members (excludes halogenated alkanes) is 14. The quantitative estimate of drug-likeness (QED) is 0.199. The molecule has 0 aromatic heterocycles. The first-order chi connectivity index (χ1) is 14.7. The zero-order valence-corrected chi connectivity index (χ0v) is 23.2. The van der Waals surface area contributed by atoms with Crippen molar-refractivity contribution in [3.8, 4) is 0 Å². The standard InChI is InChI=1S/C26H52NO2S.BrH/c1-3-4-5-6-7-8-9-10-11-12-13-14-15-16-17-18-26-29-24-25(30-26)23-27(2)19-21-28-22-20-27;/h25-26H,3-24H2,1-2H3;1H/q+1;/p-1. The number of morpholine rings is 1. The van der Waals surface area contributed by atoms with Crippen molar-refractivity contribution in [3.05, 3.63) is 0 Å². The van der Waals surface area contributed by atoms with Gasteiger partial charge >= 0.3 is 0 Å². The SMILES string of the molecule is CCCCCCCCCCCCCCCCCC1OCC(C[N+]2(C)CCOCC2)S1.[Br-]. The number of rotatable bonds is 18. The van der Waals surface area contributed by atoms with Crippen LogP contribution in [0.2, 0.25) is 0 Å². The smallest absolute Gasteiger partial charge is 0.103 e. The predicted molar refractivity (Wildman–Crippen MR) is 132 cm³/mol. The summed E-state index contributed by atoms with van der Waals surface area (Å²) in [7, 11) is 2.39. The maximum absolute atomic E-state index is 6.09. The van der Waals surface area contributed by atoms with Gasteiger partial charge in [0.05, 0.1) is 38.7 Å². The van der Waals surface area contributed by atoms with E-state index in [2.05, 4.69) is 25.7 Å². The Balaban J connectivity index is 0.00000480. The van der Waals surface area contributed by atoms with Gasteiger partial charge in [0, 0.05) is 0 Å². The molecule has 5 heteroatoms. The van der Waals surface area contributed by atoms with Gasteiger partial charge in [-0.25, -0.2) is 0 Å². The third-order valence-corrected chi connectivity index (χ3v) is 8.40. The summed E-state index contributed by atoms with van der Waals surface area (Å²) >= 11 is 2.11. The summed E-state index contributed by atoms with van der Waals surface area (Å²) < 4.78 is 12.8. The van der Waals surface area contributed by atoms with E-state index in [1.165, 1.54) is 127 Å². The third kappa shape index (κ3) is 14.6.